The Morgan fingerprint density at radius 2 is 1.65 bits per heavy atom. The Balaban J connectivity index is 1.25. The molecule has 0 saturated heterocycles. The molecule has 4 saturated carbocycles. The zero-order chi connectivity index (χ0) is 21.4. The molecule has 4 fully saturated rings. The van der Waals surface area contributed by atoms with Gasteiger partial charge < -0.3 is 14.8 Å². The Morgan fingerprint density at radius 3 is 2.26 bits per heavy atom. The predicted octanol–water partition coefficient (Wildman–Crippen LogP) is 6.62. The molecule has 0 aliphatic heterocycles. The van der Waals surface area contributed by atoms with Crippen molar-refractivity contribution >= 4 is 11.6 Å². The number of benzene rings is 2. The van der Waals surface area contributed by atoms with Gasteiger partial charge in [-0.3, -0.25) is 0 Å². The highest BCUT2D eigenvalue weighted by Gasteiger charge is 2.52. The third-order valence-corrected chi connectivity index (χ3v) is 8.41. The summed E-state index contributed by atoms with van der Waals surface area (Å²) in [6.07, 6.45) is 8.73. The van der Waals surface area contributed by atoms with Crippen molar-refractivity contribution in [2.45, 2.75) is 64.6 Å². The van der Waals surface area contributed by atoms with E-state index < -0.39 is 0 Å². The van der Waals surface area contributed by atoms with Crippen molar-refractivity contribution in [3.05, 3.63) is 58.6 Å². The number of ether oxygens (including phenoxy) is 2. The minimum Gasteiger partial charge on any atom is -0.493 e. The lowest BCUT2D eigenvalue weighted by Crippen LogP contribution is -2.54. The van der Waals surface area contributed by atoms with Gasteiger partial charge in [-0.15, -0.1) is 0 Å². The van der Waals surface area contributed by atoms with Crippen LogP contribution in [0.2, 0.25) is 5.02 Å². The molecule has 3 nitrogen and oxygen atoms in total. The second kappa shape index (κ2) is 8.67. The van der Waals surface area contributed by atoms with Crippen LogP contribution in [0.15, 0.2) is 42.5 Å². The normalized spacial score (nSPS) is 29.7. The zero-order valence-electron chi connectivity index (χ0n) is 18.7. The predicted molar refractivity (Wildman–Crippen MR) is 126 cm³/mol. The highest BCUT2D eigenvalue weighted by Crippen LogP contribution is 2.61. The Kier molecular flexibility index (Phi) is 5.92. The number of methoxy groups -OCH3 is 1. The van der Waals surface area contributed by atoms with Crippen LogP contribution in [0.1, 0.15) is 56.6 Å². The van der Waals surface area contributed by atoms with Gasteiger partial charge >= 0.3 is 0 Å². The van der Waals surface area contributed by atoms with E-state index in [1.165, 1.54) is 38.5 Å². The lowest BCUT2D eigenvalue weighted by molar-refractivity contribution is -0.0706. The summed E-state index contributed by atoms with van der Waals surface area (Å²) in [6, 6.07) is 14.7. The summed E-state index contributed by atoms with van der Waals surface area (Å²) in [5.74, 6) is 4.25. The van der Waals surface area contributed by atoms with Gasteiger partial charge in [-0.1, -0.05) is 41.9 Å². The summed E-state index contributed by atoms with van der Waals surface area (Å²) >= 11 is 6.62. The van der Waals surface area contributed by atoms with Crippen LogP contribution in [0, 0.1) is 23.2 Å². The van der Waals surface area contributed by atoms with Gasteiger partial charge in [0.05, 0.1) is 12.1 Å². The lowest BCUT2D eigenvalue weighted by Gasteiger charge is -2.59. The fraction of sp³-hybridized carbons (Fsp3) is 0.556. The molecule has 4 aliphatic carbocycles. The van der Waals surface area contributed by atoms with Crippen molar-refractivity contribution in [3.63, 3.8) is 0 Å². The van der Waals surface area contributed by atoms with Crippen LogP contribution in [-0.2, 0) is 13.2 Å². The Labute approximate surface area is 191 Å². The maximum absolute atomic E-state index is 6.62. The largest absolute Gasteiger partial charge is 0.493 e. The summed E-state index contributed by atoms with van der Waals surface area (Å²) < 4.78 is 11.6. The summed E-state index contributed by atoms with van der Waals surface area (Å²) in [4.78, 5) is 0. The zero-order valence-corrected chi connectivity index (χ0v) is 19.5. The van der Waals surface area contributed by atoms with Gasteiger partial charge in [0.25, 0.3) is 0 Å². The van der Waals surface area contributed by atoms with Gasteiger partial charge in [0.1, 0.15) is 6.61 Å². The molecule has 6 rings (SSSR count). The topological polar surface area (TPSA) is 30.5 Å². The molecule has 0 aromatic heterocycles. The Bertz CT molecular complexity index is 878. The fourth-order valence-electron chi connectivity index (χ4n) is 6.94. The van der Waals surface area contributed by atoms with Gasteiger partial charge in [-0.25, -0.2) is 0 Å². The van der Waals surface area contributed by atoms with E-state index in [0.717, 1.165) is 35.4 Å². The molecule has 31 heavy (non-hydrogen) atoms. The summed E-state index contributed by atoms with van der Waals surface area (Å²) in [5.41, 5.74) is 2.75. The standard InChI is InChI=1S/C27H34ClNO2/c1-18(27-13-20-8-21(14-27)10-22(9-20)15-27)29-16-23-11-24(28)26(25(12-23)30-2)31-17-19-6-4-3-5-7-19/h3-7,11-12,18,20-22,29H,8-10,13-17H2,1-2H3/t18-,20?,21?,22?,27?/m0/s1. The molecule has 4 bridgehead atoms. The number of hydrogen-bond acceptors (Lipinski definition) is 3. The van der Waals surface area contributed by atoms with Crippen LogP contribution in [0.5, 0.6) is 11.5 Å². The second-order valence-electron chi connectivity index (χ2n) is 10.3. The average molecular weight is 440 g/mol. The van der Waals surface area contributed by atoms with Crippen LogP contribution in [0.25, 0.3) is 0 Å². The molecule has 0 amide bonds. The highest BCUT2D eigenvalue weighted by atomic mass is 35.5. The first-order valence-corrected chi connectivity index (χ1v) is 12.2. The Hall–Kier alpha value is -1.71. The first-order valence-electron chi connectivity index (χ1n) is 11.8. The maximum atomic E-state index is 6.62. The van der Waals surface area contributed by atoms with Gasteiger partial charge in [-0.2, -0.15) is 0 Å². The molecule has 1 N–H and O–H groups in total. The van der Waals surface area contributed by atoms with Gasteiger partial charge in [0.2, 0.25) is 0 Å². The van der Waals surface area contributed by atoms with Crippen LogP contribution < -0.4 is 14.8 Å². The van der Waals surface area contributed by atoms with E-state index in [0.29, 0.717) is 34.6 Å². The van der Waals surface area contributed by atoms with Crippen molar-refractivity contribution in [2.75, 3.05) is 7.11 Å². The molecule has 0 unspecified atom stereocenters. The minimum atomic E-state index is 0.470. The van der Waals surface area contributed by atoms with Crippen molar-refractivity contribution in [3.8, 4) is 11.5 Å². The molecule has 166 valence electrons. The SMILES string of the molecule is COc1cc(CN[C@@H](C)C23CC4CC(CC(C4)C2)C3)cc(Cl)c1OCc1ccccc1. The molecule has 0 radical (unpaired) electrons. The molecular formula is C27H34ClNO2. The Morgan fingerprint density at radius 1 is 1.00 bits per heavy atom. The molecule has 2 aromatic carbocycles. The highest BCUT2D eigenvalue weighted by molar-refractivity contribution is 6.32. The smallest absolute Gasteiger partial charge is 0.180 e. The lowest BCUT2D eigenvalue weighted by atomic mass is 9.48. The number of hydrogen-bond donors (Lipinski definition) is 1. The minimum absolute atomic E-state index is 0.470. The molecule has 4 aliphatic rings. The first kappa shape index (κ1) is 21.2. The van der Waals surface area contributed by atoms with Crippen molar-refractivity contribution in [2.24, 2.45) is 23.2 Å². The monoisotopic (exact) mass is 439 g/mol. The fourth-order valence-corrected chi connectivity index (χ4v) is 7.23. The van der Waals surface area contributed by atoms with Crippen LogP contribution in [0.3, 0.4) is 0 Å². The van der Waals surface area contributed by atoms with Crippen molar-refractivity contribution < 1.29 is 9.47 Å². The molecular weight excluding hydrogens is 406 g/mol. The molecule has 4 heteroatoms. The number of rotatable bonds is 8. The van der Waals surface area contributed by atoms with Gasteiger partial charge in [0, 0.05) is 12.6 Å². The molecule has 0 spiro atoms. The quantitative estimate of drug-likeness (QED) is 0.501. The third-order valence-electron chi connectivity index (χ3n) is 8.13. The van der Waals surface area contributed by atoms with E-state index in [1.807, 2.05) is 36.4 Å². The van der Waals surface area contributed by atoms with E-state index in [9.17, 15) is 0 Å². The summed E-state index contributed by atoms with van der Waals surface area (Å²) in [5, 5.41) is 4.46. The van der Waals surface area contributed by atoms with E-state index in [-0.39, 0.29) is 0 Å². The summed E-state index contributed by atoms with van der Waals surface area (Å²) in [7, 11) is 1.68. The average Bonchev–Trinajstić information content (AvgIpc) is 2.76. The molecule has 0 heterocycles. The first-order chi connectivity index (χ1) is 15.0. The van der Waals surface area contributed by atoms with Gasteiger partial charge in [-0.05, 0) is 91.9 Å². The molecule has 1 atom stereocenters. The van der Waals surface area contributed by atoms with E-state index >= 15 is 0 Å². The molecule has 2 aromatic rings. The second-order valence-corrected chi connectivity index (χ2v) is 10.7. The van der Waals surface area contributed by atoms with Crippen LogP contribution >= 0.6 is 11.6 Å². The van der Waals surface area contributed by atoms with Crippen molar-refractivity contribution in [1.29, 1.82) is 0 Å². The van der Waals surface area contributed by atoms with E-state index in [2.05, 4.69) is 18.3 Å². The van der Waals surface area contributed by atoms with E-state index in [1.54, 1.807) is 7.11 Å². The third kappa shape index (κ3) is 4.32. The maximum Gasteiger partial charge on any atom is 0.180 e. The van der Waals surface area contributed by atoms with E-state index in [4.69, 9.17) is 21.1 Å². The number of nitrogens with one attached hydrogen (secondary N) is 1. The van der Waals surface area contributed by atoms with Crippen LogP contribution in [-0.4, -0.2) is 13.2 Å². The van der Waals surface area contributed by atoms with Gasteiger partial charge in [0.15, 0.2) is 11.5 Å². The van der Waals surface area contributed by atoms with Crippen molar-refractivity contribution in [1.82, 2.24) is 5.32 Å². The number of halogens is 1. The summed E-state index contributed by atoms with van der Waals surface area (Å²) in [6.45, 7) is 3.68. The van der Waals surface area contributed by atoms with Crippen LogP contribution in [0.4, 0.5) is 0 Å².